The van der Waals surface area contributed by atoms with E-state index in [4.69, 9.17) is 16.3 Å². The van der Waals surface area contributed by atoms with Gasteiger partial charge in [-0.3, -0.25) is 0 Å². The summed E-state index contributed by atoms with van der Waals surface area (Å²) in [6, 6.07) is 5.67. The van der Waals surface area contributed by atoms with Gasteiger partial charge in [-0.2, -0.15) is 0 Å². The van der Waals surface area contributed by atoms with E-state index in [0.717, 1.165) is 11.5 Å². The summed E-state index contributed by atoms with van der Waals surface area (Å²) in [7, 11) is 1.61. The molecule has 0 saturated carbocycles. The lowest BCUT2D eigenvalue weighted by Gasteiger charge is -2.08. The molecule has 0 saturated heterocycles. The average Bonchev–Trinajstić information content (AvgIpc) is 2.17. The van der Waals surface area contributed by atoms with Crippen LogP contribution in [0.25, 0.3) is 0 Å². The first-order valence-corrected chi connectivity index (χ1v) is 4.36. The second-order valence-corrected chi connectivity index (χ2v) is 3.14. The fourth-order valence-electron chi connectivity index (χ4n) is 1.02. The van der Waals surface area contributed by atoms with Crippen molar-refractivity contribution in [1.29, 1.82) is 0 Å². The SMILES string of the molecule is C=C[C](C)c1ccc(Cl)c(OC)c1. The summed E-state index contributed by atoms with van der Waals surface area (Å²) < 4.78 is 5.10. The maximum atomic E-state index is 5.88. The monoisotopic (exact) mass is 195 g/mol. The molecule has 0 atom stereocenters. The molecule has 1 radical (unpaired) electrons. The lowest BCUT2D eigenvalue weighted by atomic mass is 10.0. The number of halogens is 1. The fourth-order valence-corrected chi connectivity index (χ4v) is 1.22. The van der Waals surface area contributed by atoms with E-state index in [9.17, 15) is 0 Å². The Morgan fingerprint density at radius 3 is 2.77 bits per heavy atom. The zero-order valence-corrected chi connectivity index (χ0v) is 8.56. The molecule has 1 aromatic rings. The zero-order valence-electron chi connectivity index (χ0n) is 7.80. The molecule has 0 bridgehead atoms. The largest absolute Gasteiger partial charge is 0.495 e. The van der Waals surface area contributed by atoms with E-state index in [0.29, 0.717) is 10.8 Å². The number of hydrogen-bond donors (Lipinski definition) is 0. The van der Waals surface area contributed by atoms with Crippen LogP contribution in [0, 0.1) is 5.92 Å². The van der Waals surface area contributed by atoms with Crippen LogP contribution in [0.1, 0.15) is 12.5 Å². The van der Waals surface area contributed by atoms with Crippen molar-refractivity contribution in [2.45, 2.75) is 6.92 Å². The van der Waals surface area contributed by atoms with Gasteiger partial charge in [0.2, 0.25) is 0 Å². The molecule has 0 spiro atoms. The fraction of sp³-hybridized carbons (Fsp3) is 0.182. The summed E-state index contributed by atoms with van der Waals surface area (Å²) in [4.78, 5) is 0. The average molecular weight is 196 g/mol. The van der Waals surface area contributed by atoms with Gasteiger partial charge in [0.25, 0.3) is 0 Å². The summed E-state index contributed by atoms with van der Waals surface area (Å²) in [5.74, 6) is 1.80. The van der Waals surface area contributed by atoms with Gasteiger partial charge < -0.3 is 4.74 Å². The molecular weight excluding hydrogens is 184 g/mol. The highest BCUT2D eigenvalue weighted by Crippen LogP contribution is 2.28. The van der Waals surface area contributed by atoms with Crippen molar-refractivity contribution in [2.24, 2.45) is 0 Å². The molecule has 0 heterocycles. The van der Waals surface area contributed by atoms with Crippen molar-refractivity contribution >= 4 is 11.6 Å². The van der Waals surface area contributed by atoms with Crippen molar-refractivity contribution in [1.82, 2.24) is 0 Å². The van der Waals surface area contributed by atoms with Crippen LogP contribution < -0.4 is 4.74 Å². The number of rotatable bonds is 3. The lowest BCUT2D eigenvalue weighted by Crippen LogP contribution is -1.91. The van der Waals surface area contributed by atoms with Gasteiger partial charge in [-0.25, -0.2) is 0 Å². The van der Waals surface area contributed by atoms with Crippen molar-refractivity contribution in [3.8, 4) is 5.75 Å². The Bertz CT molecular complexity index is 307. The van der Waals surface area contributed by atoms with Crippen molar-refractivity contribution < 1.29 is 4.74 Å². The Kier molecular flexibility index (Phi) is 3.38. The van der Waals surface area contributed by atoms with E-state index in [1.807, 2.05) is 31.2 Å². The van der Waals surface area contributed by atoms with Gasteiger partial charge >= 0.3 is 0 Å². The van der Waals surface area contributed by atoms with E-state index < -0.39 is 0 Å². The highest BCUT2D eigenvalue weighted by molar-refractivity contribution is 6.32. The minimum absolute atomic E-state index is 0.628. The van der Waals surface area contributed by atoms with Crippen molar-refractivity contribution in [2.75, 3.05) is 7.11 Å². The molecule has 13 heavy (non-hydrogen) atoms. The number of hydrogen-bond acceptors (Lipinski definition) is 1. The van der Waals surface area contributed by atoms with Crippen LogP contribution in [0.5, 0.6) is 5.75 Å². The van der Waals surface area contributed by atoms with Gasteiger partial charge in [0.05, 0.1) is 12.1 Å². The minimum Gasteiger partial charge on any atom is -0.495 e. The summed E-state index contributed by atoms with van der Waals surface area (Å²) in [6.07, 6.45) is 1.81. The molecule has 0 aliphatic heterocycles. The second kappa shape index (κ2) is 4.33. The smallest absolute Gasteiger partial charge is 0.137 e. The maximum Gasteiger partial charge on any atom is 0.137 e. The van der Waals surface area contributed by atoms with Crippen LogP contribution in [-0.4, -0.2) is 7.11 Å². The first kappa shape index (κ1) is 10.1. The molecule has 1 aromatic carbocycles. The predicted octanol–water partition coefficient (Wildman–Crippen LogP) is 3.48. The van der Waals surface area contributed by atoms with Gasteiger partial charge in [-0.15, -0.1) is 6.58 Å². The number of benzene rings is 1. The van der Waals surface area contributed by atoms with Gasteiger partial charge in [0.1, 0.15) is 5.75 Å². The van der Waals surface area contributed by atoms with Crippen LogP contribution in [0.3, 0.4) is 0 Å². The van der Waals surface area contributed by atoms with Crippen LogP contribution in [0.2, 0.25) is 5.02 Å². The van der Waals surface area contributed by atoms with Crippen molar-refractivity contribution in [3.05, 3.63) is 47.4 Å². The topological polar surface area (TPSA) is 9.23 Å². The standard InChI is InChI=1S/C11H12ClO/c1-4-8(2)9-5-6-10(12)11(7-9)13-3/h4-7H,1H2,2-3H3. The van der Waals surface area contributed by atoms with Gasteiger partial charge in [0.15, 0.2) is 0 Å². The van der Waals surface area contributed by atoms with Gasteiger partial charge in [-0.1, -0.05) is 30.7 Å². The Labute approximate surface area is 84.0 Å². The molecule has 0 aliphatic rings. The van der Waals surface area contributed by atoms with Crippen molar-refractivity contribution in [3.63, 3.8) is 0 Å². The van der Waals surface area contributed by atoms with Gasteiger partial charge in [-0.05, 0) is 17.7 Å². The molecule has 1 nitrogen and oxygen atoms in total. The second-order valence-electron chi connectivity index (χ2n) is 2.74. The molecule has 0 fully saturated rings. The maximum absolute atomic E-state index is 5.88. The Hall–Kier alpha value is -0.950. The zero-order chi connectivity index (χ0) is 9.84. The van der Waals surface area contributed by atoms with E-state index in [-0.39, 0.29) is 0 Å². The van der Waals surface area contributed by atoms with Crippen LogP contribution in [0.15, 0.2) is 30.9 Å². The first-order chi connectivity index (χ1) is 6.19. The Morgan fingerprint density at radius 2 is 2.23 bits per heavy atom. The summed E-state index contributed by atoms with van der Waals surface area (Å²) in [5, 5.41) is 0.628. The van der Waals surface area contributed by atoms with E-state index >= 15 is 0 Å². The first-order valence-electron chi connectivity index (χ1n) is 3.99. The molecule has 0 unspecified atom stereocenters. The number of allylic oxidation sites excluding steroid dienone is 1. The molecule has 0 aliphatic carbocycles. The molecular formula is C11H12ClO. The van der Waals surface area contributed by atoms with E-state index in [1.165, 1.54) is 0 Å². The summed E-state index contributed by atoms with van der Waals surface area (Å²) >= 11 is 5.88. The minimum atomic E-state index is 0.628. The molecule has 0 amide bonds. The highest BCUT2D eigenvalue weighted by Gasteiger charge is 2.05. The third-order valence-corrected chi connectivity index (χ3v) is 2.22. The third kappa shape index (κ3) is 2.25. The highest BCUT2D eigenvalue weighted by atomic mass is 35.5. The molecule has 1 rings (SSSR count). The van der Waals surface area contributed by atoms with Crippen LogP contribution in [0.4, 0.5) is 0 Å². The Morgan fingerprint density at radius 1 is 1.54 bits per heavy atom. The van der Waals surface area contributed by atoms with Gasteiger partial charge in [0, 0.05) is 5.92 Å². The quantitative estimate of drug-likeness (QED) is 0.718. The summed E-state index contributed by atoms with van der Waals surface area (Å²) in [5.41, 5.74) is 1.08. The van der Waals surface area contributed by atoms with E-state index in [1.54, 1.807) is 7.11 Å². The third-order valence-electron chi connectivity index (χ3n) is 1.91. The van der Waals surface area contributed by atoms with E-state index in [2.05, 4.69) is 6.58 Å². The molecule has 0 N–H and O–H groups in total. The predicted molar refractivity (Wildman–Crippen MR) is 56.2 cm³/mol. The molecule has 0 aromatic heterocycles. The summed E-state index contributed by atoms with van der Waals surface area (Å²) in [6.45, 7) is 5.70. The number of methoxy groups -OCH3 is 1. The van der Waals surface area contributed by atoms with Crippen LogP contribution >= 0.6 is 11.6 Å². The lowest BCUT2D eigenvalue weighted by molar-refractivity contribution is 0.414. The normalized spacial score (nSPS) is 10.2. The molecule has 69 valence electrons. The number of ether oxygens (including phenoxy) is 1. The van der Waals surface area contributed by atoms with Crippen LogP contribution in [-0.2, 0) is 0 Å². The molecule has 2 heteroatoms. The Balaban J connectivity index is 3.05.